The molecule has 0 unspecified atom stereocenters. The highest BCUT2D eigenvalue weighted by atomic mass is 16.2. The summed E-state index contributed by atoms with van der Waals surface area (Å²) in [4.78, 5) is 34.5. The fourth-order valence-corrected chi connectivity index (χ4v) is 3.38. The maximum atomic E-state index is 12.6. The Kier molecular flexibility index (Phi) is 5.83. The van der Waals surface area contributed by atoms with Crippen LogP contribution in [0, 0.1) is 0 Å². The normalized spacial score (nSPS) is 14.6. The molecule has 1 aliphatic heterocycles. The van der Waals surface area contributed by atoms with E-state index in [0.29, 0.717) is 23.4 Å². The standard InChI is InChI=1S/C21H24N6O2/c28-20(23-8-11-27-9-6-22-7-10-27)15-2-1-3-17(12-15)26-21(29)16-4-5-18-19(13-16)25-14-24-18/h1-5,12-14,22H,6-11H2,(H,23,28)(H,24,25)(H,26,29). The highest BCUT2D eigenvalue weighted by Gasteiger charge is 2.12. The number of anilines is 1. The number of carbonyl (C=O) groups excluding carboxylic acids is 2. The fraction of sp³-hybridized carbons (Fsp3) is 0.286. The number of benzene rings is 2. The van der Waals surface area contributed by atoms with Crippen LogP contribution in [0.3, 0.4) is 0 Å². The minimum absolute atomic E-state index is 0.143. The first kappa shape index (κ1) is 19.1. The van der Waals surface area contributed by atoms with E-state index in [-0.39, 0.29) is 11.8 Å². The summed E-state index contributed by atoms with van der Waals surface area (Å²) in [6.45, 7) is 5.41. The van der Waals surface area contributed by atoms with Crippen molar-refractivity contribution in [2.45, 2.75) is 0 Å². The van der Waals surface area contributed by atoms with Crippen LogP contribution in [-0.2, 0) is 0 Å². The molecular weight excluding hydrogens is 368 g/mol. The number of hydrogen-bond donors (Lipinski definition) is 4. The van der Waals surface area contributed by atoms with Crippen molar-refractivity contribution in [3.05, 3.63) is 59.9 Å². The molecule has 0 bridgehead atoms. The number of aromatic amines is 1. The summed E-state index contributed by atoms with van der Waals surface area (Å²) in [6, 6.07) is 12.2. The van der Waals surface area contributed by atoms with E-state index in [1.165, 1.54) is 0 Å². The molecule has 0 spiro atoms. The van der Waals surface area contributed by atoms with Crippen molar-refractivity contribution >= 4 is 28.5 Å². The van der Waals surface area contributed by atoms with Crippen LogP contribution in [0.4, 0.5) is 5.69 Å². The summed E-state index contributed by atoms with van der Waals surface area (Å²) in [5.41, 5.74) is 3.23. The maximum Gasteiger partial charge on any atom is 0.255 e. The van der Waals surface area contributed by atoms with Gasteiger partial charge in [0, 0.05) is 56.1 Å². The molecule has 8 nitrogen and oxygen atoms in total. The number of piperazine rings is 1. The molecule has 0 radical (unpaired) electrons. The molecule has 3 aromatic rings. The van der Waals surface area contributed by atoms with Gasteiger partial charge in [-0.1, -0.05) is 6.07 Å². The number of nitrogens with one attached hydrogen (secondary N) is 4. The predicted octanol–water partition coefficient (Wildman–Crippen LogP) is 1.45. The summed E-state index contributed by atoms with van der Waals surface area (Å²) in [5.74, 6) is -0.382. The van der Waals surface area contributed by atoms with Gasteiger partial charge in [-0.15, -0.1) is 0 Å². The van der Waals surface area contributed by atoms with Crippen molar-refractivity contribution in [1.29, 1.82) is 0 Å². The summed E-state index contributed by atoms with van der Waals surface area (Å²) in [6.07, 6.45) is 1.59. The van der Waals surface area contributed by atoms with Crippen LogP contribution in [0.5, 0.6) is 0 Å². The topological polar surface area (TPSA) is 102 Å². The molecule has 0 atom stereocenters. The van der Waals surface area contributed by atoms with Crippen molar-refractivity contribution in [3.63, 3.8) is 0 Å². The van der Waals surface area contributed by atoms with Crippen LogP contribution in [0.25, 0.3) is 11.0 Å². The lowest BCUT2D eigenvalue weighted by atomic mass is 10.1. The molecule has 0 saturated carbocycles. The molecule has 0 aliphatic carbocycles. The Morgan fingerprint density at radius 1 is 1.03 bits per heavy atom. The Labute approximate surface area is 168 Å². The average molecular weight is 392 g/mol. The number of H-pyrrole nitrogens is 1. The lowest BCUT2D eigenvalue weighted by Crippen LogP contribution is -2.46. The minimum Gasteiger partial charge on any atom is -0.351 e. The molecule has 4 rings (SSSR count). The zero-order valence-corrected chi connectivity index (χ0v) is 16.1. The number of amides is 2. The molecule has 1 saturated heterocycles. The quantitative estimate of drug-likeness (QED) is 0.509. The molecule has 1 aromatic heterocycles. The van der Waals surface area contributed by atoms with Crippen LogP contribution in [-0.4, -0.2) is 66.0 Å². The summed E-state index contributed by atoms with van der Waals surface area (Å²) >= 11 is 0. The van der Waals surface area contributed by atoms with Gasteiger partial charge in [-0.05, 0) is 36.4 Å². The first-order valence-corrected chi connectivity index (χ1v) is 9.75. The molecule has 2 amide bonds. The van der Waals surface area contributed by atoms with Gasteiger partial charge in [-0.3, -0.25) is 14.5 Å². The molecular formula is C21H24N6O2. The Hall–Kier alpha value is -3.23. The molecule has 2 heterocycles. The van der Waals surface area contributed by atoms with E-state index in [1.807, 2.05) is 0 Å². The fourth-order valence-electron chi connectivity index (χ4n) is 3.38. The molecule has 1 aliphatic rings. The molecule has 2 aromatic carbocycles. The SMILES string of the molecule is O=C(NCCN1CCNCC1)c1cccc(NC(=O)c2ccc3nc[nH]c3c2)c1. The van der Waals surface area contributed by atoms with Crippen LogP contribution >= 0.6 is 0 Å². The largest absolute Gasteiger partial charge is 0.351 e. The summed E-state index contributed by atoms with van der Waals surface area (Å²) in [5, 5.41) is 9.11. The van der Waals surface area contributed by atoms with Crippen LogP contribution < -0.4 is 16.0 Å². The molecule has 150 valence electrons. The third kappa shape index (κ3) is 4.79. The lowest BCUT2D eigenvalue weighted by Gasteiger charge is -2.27. The first-order chi connectivity index (χ1) is 14.2. The van der Waals surface area contributed by atoms with E-state index < -0.39 is 0 Å². The number of nitrogens with zero attached hydrogens (tertiary/aromatic N) is 2. The number of carbonyl (C=O) groups is 2. The number of rotatable bonds is 6. The zero-order valence-electron chi connectivity index (χ0n) is 16.1. The number of imidazole rings is 1. The minimum atomic E-state index is -0.238. The van der Waals surface area contributed by atoms with Gasteiger partial charge in [-0.25, -0.2) is 4.98 Å². The van der Waals surface area contributed by atoms with Gasteiger partial charge >= 0.3 is 0 Å². The van der Waals surface area contributed by atoms with E-state index in [0.717, 1.165) is 43.8 Å². The van der Waals surface area contributed by atoms with Crippen molar-refractivity contribution in [2.75, 3.05) is 44.6 Å². The van der Waals surface area contributed by atoms with Gasteiger partial charge in [0.05, 0.1) is 17.4 Å². The van der Waals surface area contributed by atoms with E-state index in [9.17, 15) is 9.59 Å². The molecule has 29 heavy (non-hydrogen) atoms. The Bertz CT molecular complexity index is 1010. The van der Waals surface area contributed by atoms with Gasteiger partial charge in [0.2, 0.25) is 0 Å². The van der Waals surface area contributed by atoms with Gasteiger partial charge in [0.25, 0.3) is 11.8 Å². The van der Waals surface area contributed by atoms with Gasteiger partial charge in [0.15, 0.2) is 0 Å². The van der Waals surface area contributed by atoms with Crippen molar-refractivity contribution < 1.29 is 9.59 Å². The van der Waals surface area contributed by atoms with E-state index in [1.54, 1.807) is 48.8 Å². The Balaban J connectivity index is 1.34. The Morgan fingerprint density at radius 2 is 1.86 bits per heavy atom. The zero-order chi connectivity index (χ0) is 20.1. The van der Waals surface area contributed by atoms with Gasteiger partial charge in [-0.2, -0.15) is 0 Å². The summed E-state index contributed by atoms with van der Waals surface area (Å²) in [7, 11) is 0. The van der Waals surface area contributed by atoms with Crippen molar-refractivity contribution in [1.82, 2.24) is 25.5 Å². The van der Waals surface area contributed by atoms with Gasteiger partial charge in [0.1, 0.15) is 0 Å². The van der Waals surface area contributed by atoms with Crippen LogP contribution in [0.2, 0.25) is 0 Å². The predicted molar refractivity (Wildman–Crippen MR) is 112 cm³/mol. The highest BCUT2D eigenvalue weighted by Crippen LogP contribution is 2.15. The van der Waals surface area contributed by atoms with Crippen molar-refractivity contribution in [2.24, 2.45) is 0 Å². The number of hydrogen-bond acceptors (Lipinski definition) is 5. The van der Waals surface area contributed by atoms with Crippen molar-refractivity contribution in [3.8, 4) is 0 Å². The molecule has 8 heteroatoms. The second kappa shape index (κ2) is 8.85. The number of fused-ring (bicyclic) bond motifs is 1. The maximum absolute atomic E-state index is 12.6. The highest BCUT2D eigenvalue weighted by molar-refractivity contribution is 6.06. The second-order valence-electron chi connectivity index (χ2n) is 7.02. The first-order valence-electron chi connectivity index (χ1n) is 9.75. The Morgan fingerprint density at radius 3 is 2.72 bits per heavy atom. The average Bonchev–Trinajstić information content (AvgIpc) is 3.22. The smallest absolute Gasteiger partial charge is 0.255 e. The molecule has 1 fully saturated rings. The van der Waals surface area contributed by atoms with E-state index in [4.69, 9.17) is 0 Å². The third-order valence-corrected chi connectivity index (χ3v) is 4.99. The van der Waals surface area contributed by atoms with E-state index in [2.05, 4.69) is 30.8 Å². The van der Waals surface area contributed by atoms with Gasteiger partial charge < -0.3 is 20.9 Å². The second-order valence-corrected chi connectivity index (χ2v) is 7.02. The number of aromatic nitrogens is 2. The van der Waals surface area contributed by atoms with Crippen LogP contribution in [0.15, 0.2) is 48.8 Å². The van der Waals surface area contributed by atoms with E-state index >= 15 is 0 Å². The summed E-state index contributed by atoms with van der Waals surface area (Å²) < 4.78 is 0. The molecule has 4 N–H and O–H groups in total. The monoisotopic (exact) mass is 392 g/mol. The lowest BCUT2D eigenvalue weighted by molar-refractivity contribution is 0.0946. The third-order valence-electron chi connectivity index (χ3n) is 4.99. The van der Waals surface area contributed by atoms with Crippen LogP contribution in [0.1, 0.15) is 20.7 Å².